The van der Waals surface area contributed by atoms with Crippen molar-refractivity contribution in [3.8, 4) is 0 Å². The molecule has 0 aliphatic carbocycles. The Labute approximate surface area is 238 Å². The number of nitrogens with zero attached hydrogens (tertiary/aromatic N) is 5. The van der Waals surface area contributed by atoms with Gasteiger partial charge in [0.1, 0.15) is 42.4 Å². The van der Waals surface area contributed by atoms with Crippen LogP contribution < -0.4 is 26.8 Å². The normalized spacial score (nSPS) is 38.7. The Kier molecular flexibility index (Phi) is 7.84. The SMILES string of the molecule is CO[C@@H]1[C@@H]2OP(=O)([O-])OC[C@H]3O[C@@H](n4cnc5c(N)ncnc54)[C@H](OP(=O)([O-])OC[C@H]2O[C@H]1n1ccc(=O)[nH]c1=O)[C@@H]3F. The number of phosphoric ester groups is 2. The molecule has 20 nitrogen and oxygen atoms in total. The molecule has 3 aliphatic heterocycles. The number of nitrogen functional groups attached to an aromatic ring is 1. The minimum Gasteiger partial charge on any atom is -0.756 e. The van der Waals surface area contributed by atoms with Crippen molar-refractivity contribution >= 4 is 32.6 Å². The third-order valence-electron chi connectivity index (χ3n) is 6.90. The number of imidazole rings is 1. The molecule has 6 heterocycles. The molecule has 6 rings (SSSR count). The first-order valence-corrected chi connectivity index (χ1v) is 15.3. The third kappa shape index (κ3) is 5.69. The topological polar surface area (TPSA) is 269 Å². The van der Waals surface area contributed by atoms with Crippen LogP contribution in [-0.2, 0) is 41.4 Å². The lowest BCUT2D eigenvalue weighted by Gasteiger charge is -2.32. The van der Waals surface area contributed by atoms with Crippen LogP contribution >= 0.6 is 15.6 Å². The van der Waals surface area contributed by atoms with Crippen LogP contribution in [0.25, 0.3) is 11.2 Å². The van der Waals surface area contributed by atoms with Crippen molar-refractivity contribution in [2.45, 2.75) is 49.1 Å². The molecule has 43 heavy (non-hydrogen) atoms. The van der Waals surface area contributed by atoms with Gasteiger partial charge in [-0.15, -0.1) is 0 Å². The number of fused-ring (bicyclic) bond motifs is 4. The molecular weight excluding hydrogens is 627 g/mol. The average Bonchev–Trinajstić information content (AvgIpc) is 3.60. The van der Waals surface area contributed by atoms with E-state index in [4.69, 9.17) is 38.0 Å². The van der Waals surface area contributed by atoms with Crippen molar-refractivity contribution in [2.24, 2.45) is 0 Å². The summed E-state index contributed by atoms with van der Waals surface area (Å²) in [5.74, 6) is -0.0248. The van der Waals surface area contributed by atoms with E-state index in [1.807, 2.05) is 4.98 Å². The lowest BCUT2D eigenvalue weighted by molar-refractivity contribution is -0.240. The van der Waals surface area contributed by atoms with Crippen LogP contribution in [-0.4, -0.2) is 86.1 Å². The molecule has 2 unspecified atom stereocenters. The van der Waals surface area contributed by atoms with Crippen molar-refractivity contribution in [1.29, 1.82) is 0 Å². The molecule has 0 amide bonds. The predicted molar refractivity (Wildman–Crippen MR) is 131 cm³/mol. The number of ether oxygens (including phenoxy) is 3. The second-order valence-corrected chi connectivity index (χ2v) is 12.2. The maximum atomic E-state index is 15.6. The highest BCUT2D eigenvalue weighted by Gasteiger charge is 2.52. The maximum Gasteiger partial charge on any atom is 0.330 e. The smallest absolute Gasteiger partial charge is 0.330 e. The average molecular weight is 649 g/mol. The lowest BCUT2D eigenvalue weighted by Crippen LogP contribution is -2.40. The number of rotatable bonds is 3. The lowest BCUT2D eigenvalue weighted by atomic mass is 10.1. The van der Waals surface area contributed by atoms with E-state index in [0.29, 0.717) is 0 Å². The molecule has 3 saturated heterocycles. The number of nitrogens with one attached hydrogen (secondary N) is 1. The van der Waals surface area contributed by atoms with Gasteiger partial charge in [-0.2, -0.15) is 0 Å². The molecular formula is C20H22FN7O13P2-2. The second-order valence-electron chi connectivity index (χ2n) is 9.50. The van der Waals surface area contributed by atoms with E-state index in [-0.39, 0.29) is 17.0 Å². The molecule has 23 heteroatoms. The van der Waals surface area contributed by atoms with Gasteiger partial charge in [0.05, 0.1) is 19.5 Å². The van der Waals surface area contributed by atoms with E-state index in [0.717, 1.165) is 41.2 Å². The minimum absolute atomic E-state index is 0.0248. The largest absolute Gasteiger partial charge is 0.756 e. The van der Waals surface area contributed by atoms with Gasteiger partial charge < -0.3 is 47.8 Å². The Bertz CT molecular complexity index is 1740. The minimum atomic E-state index is -5.40. The van der Waals surface area contributed by atoms with E-state index in [1.165, 1.54) is 0 Å². The Balaban J connectivity index is 1.33. The van der Waals surface area contributed by atoms with Gasteiger partial charge >= 0.3 is 5.69 Å². The molecule has 0 aromatic carbocycles. The number of methoxy groups -OCH3 is 1. The van der Waals surface area contributed by atoms with Gasteiger partial charge in [-0.05, 0) is 0 Å². The molecule has 0 spiro atoms. The first-order chi connectivity index (χ1) is 20.4. The van der Waals surface area contributed by atoms with Gasteiger partial charge in [-0.3, -0.25) is 28.0 Å². The number of phosphoric acid groups is 2. The van der Waals surface area contributed by atoms with E-state index in [1.54, 1.807) is 0 Å². The zero-order valence-electron chi connectivity index (χ0n) is 21.7. The van der Waals surface area contributed by atoms with Crippen molar-refractivity contribution in [3.05, 3.63) is 45.8 Å². The van der Waals surface area contributed by atoms with Gasteiger partial charge in [0.2, 0.25) is 0 Å². The van der Waals surface area contributed by atoms with E-state index in [2.05, 4.69) is 15.0 Å². The zero-order valence-corrected chi connectivity index (χ0v) is 23.5. The summed E-state index contributed by atoms with van der Waals surface area (Å²) in [6, 6.07) is 0.994. The Morgan fingerprint density at radius 1 is 1.02 bits per heavy atom. The van der Waals surface area contributed by atoms with E-state index >= 15 is 4.39 Å². The fourth-order valence-electron chi connectivity index (χ4n) is 4.98. The fraction of sp³-hybridized carbons (Fsp3) is 0.550. The molecule has 3 aromatic rings. The van der Waals surface area contributed by atoms with Gasteiger partial charge in [0.25, 0.3) is 21.2 Å². The zero-order chi connectivity index (χ0) is 30.7. The number of hydrogen-bond acceptors (Lipinski definition) is 17. The summed E-state index contributed by atoms with van der Waals surface area (Å²) < 4.78 is 80.4. The highest BCUT2D eigenvalue weighted by Crippen LogP contribution is 2.51. The van der Waals surface area contributed by atoms with Crippen molar-refractivity contribution < 1.29 is 55.6 Å². The fourth-order valence-corrected chi connectivity index (χ4v) is 6.84. The van der Waals surface area contributed by atoms with Gasteiger partial charge in [-0.1, -0.05) is 0 Å². The molecule has 3 N–H and O–H groups in total. The number of hydrogen-bond donors (Lipinski definition) is 2. The first kappa shape index (κ1) is 30.1. The summed E-state index contributed by atoms with van der Waals surface area (Å²) in [4.78, 5) is 63.7. The summed E-state index contributed by atoms with van der Waals surface area (Å²) in [5.41, 5.74) is 4.27. The highest BCUT2D eigenvalue weighted by atomic mass is 31.2. The summed E-state index contributed by atoms with van der Waals surface area (Å²) in [5, 5.41) is 0. The Morgan fingerprint density at radius 2 is 1.70 bits per heavy atom. The molecule has 3 aliphatic rings. The third-order valence-corrected chi connectivity index (χ3v) is 8.84. The Morgan fingerprint density at radius 3 is 2.40 bits per heavy atom. The molecule has 234 valence electrons. The molecule has 10 atom stereocenters. The van der Waals surface area contributed by atoms with Crippen LogP contribution in [0.3, 0.4) is 0 Å². The van der Waals surface area contributed by atoms with Crippen LogP contribution in [0, 0.1) is 0 Å². The Hall–Kier alpha value is -2.94. The number of anilines is 1. The number of aromatic amines is 1. The number of alkyl halides is 1. The highest BCUT2D eigenvalue weighted by molar-refractivity contribution is 7.46. The van der Waals surface area contributed by atoms with Crippen molar-refractivity contribution in [2.75, 3.05) is 26.1 Å². The predicted octanol–water partition coefficient (Wildman–Crippen LogP) is -2.14. The van der Waals surface area contributed by atoms with Crippen molar-refractivity contribution in [3.63, 3.8) is 0 Å². The number of H-pyrrole nitrogens is 1. The summed E-state index contributed by atoms with van der Waals surface area (Å²) in [6.45, 7) is -1.90. The number of aromatic nitrogens is 6. The summed E-state index contributed by atoms with van der Waals surface area (Å²) in [6.07, 6.45) is -10.2. The molecule has 3 aromatic heterocycles. The van der Waals surface area contributed by atoms with Crippen LogP contribution in [0.5, 0.6) is 0 Å². The van der Waals surface area contributed by atoms with Crippen molar-refractivity contribution in [1.82, 2.24) is 29.1 Å². The van der Waals surface area contributed by atoms with Crippen LogP contribution in [0.4, 0.5) is 10.2 Å². The second kappa shape index (κ2) is 11.2. The first-order valence-electron chi connectivity index (χ1n) is 12.4. The molecule has 0 radical (unpaired) electrons. The van der Waals surface area contributed by atoms with E-state index in [9.17, 15) is 28.5 Å². The summed E-state index contributed by atoms with van der Waals surface area (Å²) >= 11 is 0. The van der Waals surface area contributed by atoms with E-state index < -0.39 is 89.3 Å². The van der Waals surface area contributed by atoms with Crippen LogP contribution in [0.15, 0.2) is 34.5 Å². The van der Waals surface area contributed by atoms with Crippen LogP contribution in [0.1, 0.15) is 12.5 Å². The molecule has 3 fully saturated rings. The molecule has 0 saturated carbocycles. The quantitative estimate of drug-likeness (QED) is 0.287. The standard InChI is InChI=1S/C20H24FN7O13P2/c1-35-15-13-9(39-19(15)27-3-2-10(29)26-20(27)30)5-37-43(33,34)41-14-11(21)8(4-36-42(31,32)40-13)38-18(14)28-7-25-12-16(22)23-6-24-17(12)28/h2-3,6-9,11,13-15,18-19H,4-5H2,1H3,(H,31,32)(H,33,34)(H2,22,23,24)(H,26,29,30)/p-2/t8-,9-,11-,13-,14-,15-,18-,19-/m1/s1. The number of nitrogens with two attached hydrogens (primary N) is 1. The van der Waals surface area contributed by atoms with Gasteiger partial charge in [0.15, 0.2) is 30.1 Å². The van der Waals surface area contributed by atoms with Crippen LogP contribution in [0.2, 0.25) is 0 Å². The molecule has 2 bridgehead atoms. The number of halogens is 1. The van der Waals surface area contributed by atoms with Gasteiger partial charge in [0, 0.05) is 19.4 Å². The summed E-state index contributed by atoms with van der Waals surface area (Å²) in [7, 11) is -9.59. The monoisotopic (exact) mass is 649 g/mol. The maximum absolute atomic E-state index is 15.6. The van der Waals surface area contributed by atoms with Gasteiger partial charge in [-0.25, -0.2) is 24.1 Å².